The molecular weight excluding hydrogens is 220 g/mol. The summed E-state index contributed by atoms with van der Waals surface area (Å²) in [6.45, 7) is 19.8. The Morgan fingerprint density at radius 2 is 1.67 bits per heavy atom. The minimum absolute atomic E-state index is 0.372. The lowest BCUT2D eigenvalue weighted by molar-refractivity contribution is 0.156. The number of hydrogen-bond acceptors (Lipinski definition) is 2. The van der Waals surface area contributed by atoms with Crippen molar-refractivity contribution >= 4 is 0 Å². The zero-order chi connectivity index (χ0) is 14.0. The highest BCUT2D eigenvalue weighted by Gasteiger charge is 2.21. The van der Waals surface area contributed by atoms with Crippen LogP contribution < -0.4 is 5.32 Å². The van der Waals surface area contributed by atoms with E-state index in [0.717, 1.165) is 19.0 Å². The summed E-state index contributed by atoms with van der Waals surface area (Å²) in [6.07, 6.45) is 3.84. The Morgan fingerprint density at radius 1 is 1.06 bits per heavy atom. The maximum atomic E-state index is 3.56. The van der Waals surface area contributed by atoms with E-state index >= 15 is 0 Å². The van der Waals surface area contributed by atoms with Gasteiger partial charge in [0.1, 0.15) is 0 Å². The van der Waals surface area contributed by atoms with Gasteiger partial charge in [-0.25, -0.2) is 0 Å². The quantitative estimate of drug-likeness (QED) is 0.566. The second kappa shape index (κ2) is 9.80. The third kappa shape index (κ3) is 8.10. The second-order valence-electron chi connectivity index (χ2n) is 6.35. The molecule has 0 amide bonds. The maximum absolute atomic E-state index is 3.56. The minimum atomic E-state index is 0.372. The molecule has 2 nitrogen and oxygen atoms in total. The van der Waals surface area contributed by atoms with Gasteiger partial charge >= 0.3 is 0 Å². The van der Waals surface area contributed by atoms with Crippen LogP contribution in [0.5, 0.6) is 0 Å². The Labute approximate surface area is 116 Å². The molecule has 0 bridgehead atoms. The Kier molecular flexibility index (Phi) is 9.76. The highest BCUT2D eigenvalue weighted by atomic mass is 15.1. The first-order valence-corrected chi connectivity index (χ1v) is 7.92. The first-order chi connectivity index (χ1) is 8.49. The molecule has 1 N–H and O–H groups in total. The molecule has 2 heteroatoms. The summed E-state index contributed by atoms with van der Waals surface area (Å²) in [6, 6.07) is 0. The monoisotopic (exact) mass is 256 g/mol. The second-order valence-corrected chi connectivity index (χ2v) is 6.35. The molecule has 0 saturated heterocycles. The maximum Gasteiger partial charge on any atom is 0.00448 e. The molecule has 0 aromatic rings. The fraction of sp³-hybridized carbons (Fsp3) is 1.00. The normalized spacial score (nSPS) is 12.7. The number of hydrogen-bond donors (Lipinski definition) is 1. The van der Waals surface area contributed by atoms with Gasteiger partial charge in [-0.2, -0.15) is 0 Å². The van der Waals surface area contributed by atoms with Crippen molar-refractivity contribution in [2.75, 3.05) is 32.7 Å². The summed E-state index contributed by atoms with van der Waals surface area (Å²) in [4.78, 5) is 2.63. The summed E-state index contributed by atoms with van der Waals surface area (Å²) < 4.78 is 0. The zero-order valence-corrected chi connectivity index (χ0v) is 13.7. The van der Waals surface area contributed by atoms with E-state index in [1.807, 2.05) is 0 Å². The molecule has 0 heterocycles. The lowest BCUT2D eigenvalue weighted by Crippen LogP contribution is -2.42. The summed E-state index contributed by atoms with van der Waals surface area (Å²) in [5, 5.41) is 3.56. The number of rotatable bonds is 11. The van der Waals surface area contributed by atoms with Crippen LogP contribution in [0.3, 0.4) is 0 Å². The van der Waals surface area contributed by atoms with Crippen molar-refractivity contribution in [2.45, 2.75) is 60.8 Å². The first-order valence-electron chi connectivity index (χ1n) is 7.92. The predicted molar refractivity (Wildman–Crippen MR) is 83.1 cm³/mol. The predicted octanol–water partition coefficient (Wildman–Crippen LogP) is 3.77. The van der Waals surface area contributed by atoms with Gasteiger partial charge in [-0.05, 0) is 30.8 Å². The molecule has 0 saturated carbocycles. The van der Waals surface area contributed by atoms with Gasteiger partial charge in [0.15, 0.2) is 0 Å². The number of nitrogens with zero attached hydrogens (tertiary/aromatic N) is 1. The van der Waals surface area contributed by atoms with Crippen molar-refractivity contribution < 1.29 is 0 Å². The fourth-order valence-electron chi connectivity index (χ4n) is 2.48. The van der Waals surface area contributed by atoms with Crippen molar-refractivity contribution in [2.24, 2.45) is 11.3 Å². The van der Waals surface area contributed by atoms with Gasteiger partial charge in [-0.1, -0.05) is 54.4 Å². The van der Waals surface area contributed by atoms with Gasteiger partial charge in [0.2, 0.25) is 0 Å². The first kappa shape index (κ1) is 17.9. The van der Waals surface area contributed by atoms with Crippen molar-refractivity contribution in [3.8, 4) is 0 Å². The molecule has 0 fully saturated rings. The molecule has 0 rings (SSSR count). The molecule has 110 valence electrons. The summed E-state index contributed by atoms with van der Waals surface area (Å²) >= 11 is 0. The van der Waals surface area contributed by atoms with E-state index in [2.05, 4.69) is 51.8 Å². The molecule has 0 spiro atoms. The fourth-order valence-corrected chi connectivity index (χ4v) is 2.48. The average Bonchev–Trinajstić information content (AvgIpc) is 2.34. The van der Waals surface area contributed by atoms with Crippen LogP contribution in [-0.2, 0) is 0 Å². The molecule has 18 heavy (non-hydrogen) atoms. The van der Waals surface area contributed by atoms with Crippen molar-refractivity contribution in [1.82, 2.24) is 10.2 Å². The van der Waals surface area contributed by atoms with Gasteiger partial charge in [0, 0.05) is 19.6 Å². The van der Waals surface area contributed by atoms with E-state index in [9.17, 15) is 0 Å². The third-order valence-corrected chi connectivity index (χ3v) is 3.80. The van der Waals surface area contributed by atoms with Crippen LogP contribution in [0, 0.1) is 11.3 Å². The van der Waals surface area contributed by atoms with Crippen LogP contribution in [0.1, 0.15) is 60.8 Å². The van der Waals surface area contributed by atoms with Crippen LogP contribution in [0.4, 0.5) is 0 Å². The van der Waals surface area contributed by atoms with Crippen molar-refractivity contribution in [3.05, 3.63) is 0 Å². The van der Waals surface area contributed by atoms with Crippen molar-refractivity contribution in [1.29, 1.82) is 0 Å². The van der Waals surface area contributed by atoms with Crippen LogP contribution >= 0.6 is 0 Å². The van der Waals surface area contributed by atoms with E-state index in [1.165, 1.54) is 38.9 Å². The standard InChI is InChI=1S/C16H36N2/c1-7-11-17-13-16(5,6)14-18(10-4)12-15(8-2)9-3/h15,17H,7-14H2,1-6H3. The molecule has 0 aromatic carbocycles. The minimum Gasteiger partial charge on any atom is -0.316 e. The smallest absolute Gasteiger partial charge is 0.00448 e. The lowest BCUT2D eigenvalue weighted by atomic mass is 9.91. The van der Waals surface area contributed by atoms with Gasteiger partial charge in [-0.15, -0.1) is 0 Å². The summed E-state index contributed by atoms with van der Waals surface area (Å²) in [7, 11) is 0. The van der Waals surface area contributed by atoms with Gasteiger partial charge < -0.3 is 10.2 Å². The zero-order valence-electron chi connectivity index (χ0n) is 13.7. The highest BCUT2D eigenvalue weighted by molar-refractivity contribution is 4.77. The average molecular weight is 256 g/mol. The van der Waals surface area contributed by atoms with Crippen LogP contribution in [0.2, 0.25) is 0 Å². The summed E-state index contributed by atoms with van der Waals surface area (Å²) in [5.41, 5.74) is 0.372. The highest BCUT2D eigenvalue weighted by Crippen LogP contribution is 2.18. The SMILES string of the molecule is CCCNCC(C)(C)CN(CC)CC(CC)CC. The molecule has 0 aliphatic carbocycles. The Balaban J connectivity index is 4.15. The molecular formula is C16H36N2. The molecule has 0 aliphatic heterocycles. The van der Waals surface area contributed by atoms with E-state index in [0.29, 0.717) is 5.41 Å². The lowest BCUT2D eigenvalue weighted by Gasteiger charge is -2.34. The van der Waals surface area contributed by atoms with E-state index < -0.39 is 0 Å². The molecule has 0 unspecified atom stereocenters. The molecule has 0 atom stereocenters. The van der Waals surface area contributed by atoms with Crippen LogP contribution in [0.15, 0.2) is 0 Å². The van der Waals surface area contributed by atoms with E-state index in [1.54, 1.807) is 0 Å². The Hall–Kier alpha value is -0.0800. The largest absolute Gasteiger partial charge is 0.316 e. The van der Waals surface area contributed by atoms with E-state index in [4.69, 9.17) is 0 Å². The summed E-state index contributed by atoms with van der Waals surface area (Å²) in [5.74, 6) is 0.865. The van der Waals surface area contributed by atoms with Crippen molar-refractivity contribution in [3.63, 3.8) is 0 Å². The van der Waals surface area contributed by atoms with Gasteiger partial charge in [0.05, 0.1) is 0 Å². The van der Waals surface area contributed by atoms with E-state index in [-0.39, 0.29) is 0 Å². The van der Waals surface area contributed by atoms with Gasteiger partial charge in [-0.3, -0.25) is 0 Å². The van der Waals surface area contributed by atoms with Gasteiger partial charge in [0.25, 0.3) is 0 Å². The number of nitrogens with one attached hydrogen (secondary N) is 1. The Morgan fingerprint density at radius 3 is 2.11 bits per heavy atom. The topological polar surface area (TPSA) is 15.3 Å². The van der Waals surface area contributed by atoms with Crippen LogP contribution in [0.25, 0.3) is 0 Å². The third-order valence-electron chi connectivity index (χ3n) is 3.80. The van der Waals surface area contributed by atoms with Crippen LogP contribution in [-0.4, -0.2) is 37.6 Å². The molecule has 0 aromatic heterocycles. The molecule has 0 radical (unpaired) electrons. The molecule has 0 aliphatic rings. The Bertz CT molecular complexity index is 186.